The SMILES string of the molecule is COc1cc(/C=C(\C#N)C(=O)Nc2ccc([N+](=O)[O-])cc2Cl)cc(I)c1OC(C)=O. The number of nitrogens with one attached hydrogen (secondary N) is 1. The van der Waals surface area contributed by atoms with Crippen LogP contribution in [0.15, 0.2) is 35.9 Å². The Morgan fingerprint density at radius 1 is 1.33 bits per heavy atom. The van der Waals surface area contributed by atoms with Gasteiger partial charge in [0.1, 0.15) is 11.6 Å². The number of carbonyl (C=O) groups excluding carboxylic acids is 2. The van der Waals surface area contributed by atoms with Gasteiger partial charge >= 0.3 is 5.97 Å². The molecule has 154 valence electrons. The number of nitrogens with zero attached hydrogens (tertiary/aromatic N) is 2. The highest BCUT2D eigenvalue weighted by Crippen LogP contribution is 2.35. The molecule has 0 fully saturated rings. The molecule has 0 saturated carbocycles. The molecule has 0 aromatic heterocycles. The van der Waals surface area contributed by atoms with Gasteiger partial charge in [-0.1, -0.05) is 11.6 Å². The fourth-order valence-corrected chi connectivity index (χ4v) is 3.25. The molecule has 1 N–H and O–H groups in total. The summed E-state index contributed by atoms with van der Waals surface area (Å²) >= 11 is 7.90. The number of amides is 1. The van der Waals surface area contributed by atoms with E-state index in [1.165, 1.54) is 38.3 Å². The molecule has 0 radical (unpaired) electrons. The van der Waals surface area contributed by atoms with Crippen molar-refractivity contribution >= 4 is 63.5 Å². The Kier molecular flexibility index (Phi) is 7.73. The van der Waals surface area contributed by atoms with Gasteiger partial charge < -0.3 is 14.8 Å². The largest absolute Gasteiger partial charge is 0.493 e. The molecule has 2 rings (SSSR count). The van der Waals surface area contributed by atoms with Crippen LogP contribution in [0.2, 0.25) is 5.02 Å². The summed E-state index contributed by atoms with van der Waals surface area (Å²) in [7, 11) is 1.39. The van der Waals surface area contributed by atoms with Crippen molar-refractivity contribution in [2.45, 2.75) is 6.92 Å². The first-order valence-electron chi connectivity index (χ1n) is 8.09. The molecular weight excluding hydrogens is 529 g/mol. The molecule has 11 heteroatoms. The molecule has 9 nitrogen and oxygen atoms in total. The first kappa shape index (κ1) is 23.1. The zero-order valence-electron chi connectivity index (χ0n) is 15.6. The number of anilines is 1. The molecule has 0 spiro atoms. The molecule has 0 aliphatic rings. The summed E-state index contributed by atoms with van der Waals surface area (Å²) in [5, 5.41) is 22.6. The number of hydrogen-bond acceptors (Lipinski definition) is 7. The van der Waals surface area contributed by atoms with Gasteiger partial charge in [0.25, 0.3) is 11.6 Å². The minimum atomic E-state index is -0.758. The predicted molar refractivity (Wildman–Crippen MR) is 117 cm³/mol. The van der Waals surface area contributed by atoms with Crippen molar-refractivity contribution < 1.29 is 24.0 Å². The van der Waals surface area contributed by atoms with Crippen molar-refractivity contribution in [2.75, 3.05) is 12.4 Å². The Bertz CT molecular complexity index is 1110. The van der Waals surface area contributed by atoms with E-state index in [4.69, 9.17) is 21.1 Å². The fraction of sp³-hybridized carbons (Fsp3) is 0.105. The van der Waals surface area contributed by atoms with Gasteiger partial charge in [0.15, 0.2) is 11.5 Å². The molecule has 0 aliphatic heterocycles. The molecule has 0 bridgehead atoms. The number of non-ortho nitro benzene ring substituents is 1. The van der Waals surface area contributed by atoms with E-state index in [1.807, 2.05) is 22.6 Å². The molecule has 0 unspecified atom stereocenters. The summed E-state index contributed by atoms with van der Waals surface area (Å²) in [6, 6.07) is 8.44. The van der Waals surface area contributed by atoms with Crippen LogP contribution in [-0.4, -0.2) is 23.9 Å². The van der Waals surface area contributed by atoms with Crippen LogP contribution in [0.25, 0.3) is 6.08 Å². The topological polar surface area (TPSA) is 132 Å². The van der Waals surface area contributed by atoms with Gasteiger partial charge in [0, 0.05) is 19.1 Å². The molecule has 0 aliphatic carbocycles. The summed E-state index contributed by atoms with van der Waals surface area (Å²) in [6.45, 7) is 1.25. The van der Waals surface area contributed by atoms with Crippen molar-refractivity contribution in [3.63, 3.8) is 0 Å². The van der Waals surface area contributed by atoms with Crippen molar-refractivity contribution in [3.05, 3.63) is 60.2 Å². The summed E-state index contributed by atoms with van der Waals surface area (Å²) < 4.78 is 10.9. The second-order valence-electron chi connectivity index (χ2n) is 5.67. The van der Waals surface area contributed by atoms with Gasteiger partial charge in [0.05, 0.1) is 26.3 Å². The Morgan fingerprint density at radius 3 is 2.57 bits per heavy atom. The standard InChI is InChI=1S/C19H13ClIN3O6/c1-10(25)30-18-15(21)6-11(7-17(18)29-2)5-12(9-22)19(26)23-16-4-3-13(24(27)28)8-14(16)20/h3-8H,1-2H3,(H,23,26)/b12-5+. The monoisotopic (exact) mass is 541 g/mol. The van der Waals surface area contributed by atoms with E-state index in [0.717, 1.165) is 6.07 Å². The minimum Gasteiger partial charge on any atom is -0.493 e. The molecule has 0 atom stereocenters. The third-order valence-corrected chi connectivity index (χ3v) is 4.70. The van der Waals surface area contributed by atoms with Gasteiger partial charge in [-0.25, -0.2) is 0 Å². The quantitative estimate of drug-likeness (QED) is 0.109. The van der Waals surface area contributed by atoms with Crippen LogP contribution < -0.4 is 14.8 Å². The van der Waals surface area contributed by atoms with Crippen molar-refractivity contribution in [3.8, 4) is 17.6 Å². The van der Waals surface area contributed by atoms with E-state index in [1.54, 1.807) is 12.1 Å². The smallest absolute Gasteiger partial charge is 0.308 e. The predicted octanol–water partition coefficient (Wildman–Crippen LogP) is 4.33. The minimum absolute atomic E-state index is 0.0446. The Labute approximate surface area is 189 Å². The second kappa shape index (κ2) is 10.0. The molecule has 2 aromatic rings. The third-order valence-electron chi connectivity index (χ3n) is 3.59. The van der Waals surface area contributed by atoms with Crippen LogP contribution in [0.1, 0.15) is 12.5 Å². The number of methoxy groups -OCH3 is 1. The van der Waals surface area contributed by atoms with Crippen molar-refractivity contribution in [1.82, 2.24) is 0 Å². The normalized spacial score (nSPS) is 10.7. The number of esters is 1. The lowest BCUT2D eigenvalue weighted by Gasteiger charge is -2.11. The van der Waals surface area contributed by atoms with Crippen molar-refractivity contribution in [1.29, 1.82) is 5.26 Å². The van der Waals surface area contributed by atoms with E-state index in [-0.39, 0.29) is 33.5 Å². The number of benzene rings is 2. The summed E-state index contributed by atoms with van der Waals surface area (Å²) in [6.07, 6.45) is 1.32. The molecule has 1 amide bonds. The molecular formula is C19H13ClIN3O6. The van der Waals surface area contributed by atoms with E-state index >= 15 is 0 Å². The first-order valence-corrected chi connectivity index (χ1v) is 9.55. The van der Waals surface area contributed by atoms with E-state index in [0.29, 0.717) is 9.13 Å². The van der Waals surface area contributed by atoms with Gasteiger partial charge in [-0.2, -0.15) is 5.26 Å². The first-order chi connectivity index (χ1) is 14.2. The van der Waals surface area contributed by atoms with E-state index in [2.05, 4.69) is 5.32 Å². The molecule has 30 heavy (non-hydrogen) atoms. The second-order valence-corrected chi connectivity index (χ2v) is 7.24. The zero-order chi connectivity index (χ0) is 22.4. The zero-order valence-corrected chi connectivity index (χ0v) is 18.5. The maximum absolute atomic E-state index is 12.5. The van der Waals surface area contributed by atoms with Gasteiger partial charge in [-0.05, 0) is 52.4 Å². The average molecular weight is 542 g/mol. The number of nitriles is 1. The molecule has 2 aromatic carbocycles. The lowest BCUT2D eigenvalue weighted by atomic mass is 10.1. The van der Waals surface area contributed by atoms with Crippen LogP contribution >= 0.6 is 34.2 Å². The number of rotatable bonds is 6. The molecule has 0 heterocycles. The van der Waals surface area contributed by atoms with Gasteiger partial charge in [-0.15, -0.1) is 0 Å². The van der Waals surface area contributed by atoms with Crippen molar-refractivity contribution in [2.24, 2.45) is 0 Å². The summed E-state index contributed by atoms with van der Waals surface area (Å²) in [5.41, 5.74) is 0.0885. The van der Waals surface area contributed by atoms with Gasteiger partial charge in [-0.3, -0.25) is 19.7 Å². The van der Waals surface area contributed by atoms with Crippen LogP contribution in [0.5, 0.6) is 11.5 Å². The summed E-state index contributed by atoms with van der Waals surface area (Å²) in [5.74, 6) is -0.805. The van der Waals surface area contributed by atoms with Gasteiger partial charge in [0.2, 0.25) is 0 Å². The number of hydrogen-bond donors (Lipinski definition) is 1. The van der Waals surface area contributed by atoms with Crippen LogP contribution in [0, 0.1) is 25.0 Å². The lowest BCUT2D eigenvalue weighted by molar-refractivity contribution is -0.384. The third kappa shape index (κ3) is 5.68. The van der Waals surface area contributed by atoms with Crippen LogP contribution in [0.4, 0.5) is 11.4 Å². The number of ether oxygens (including phenoxy) is 2. The fourth-order valence-electron chi connectivity index (χ4n) is 2.29. The van der Waals surface area contributed by atoms with Crippen LogP contribution in [-0.2, 0) is 9.59 Å². The van der Waals surface area contributed by atoms with E-state index < -0.39 is 16.8 Å². The number of halogens is 2. The molecule has 0 saturated heterocycles. The Morgan fingerprint density at radius 2 is 2.03 bits per heavy atom. The van der Waals surface area contributed by atoms with E-state index in [9.17, 15) is 25.0 Å². The number of nitro groups is 1. The van der Waals surface area contributed by atoms with Crippen LogP contribution in [0.3, 0.4) is 0 Å². The average Bonchev–Trinajstić information content (AvgIpc) is 2.68. The highest BCUT2D eigenvalue weighted by Gasteiger charge is 2.17. The maximum atomic E-state index is 12.5. The number of nitro benzene ring substituents is 1. The number of carbonyl (C=O) groups is 2. The summed E-state index contributed by atoms with van der Waals surface area (Å²) in [4.78, 5) is 33.9. The highest BCUT2D eigenvalue weighted by atomic mass is 127. The highest BCUT2D eigenvalue weighted by molar-refractivity contribution is 14.1. The Balaban J connectivity index is 2.34. The maximum Gasteiger partial charge on any atom is 0.308 e. The lowest BCUT2D eigenvalue weighted by Crippen LogP contribution is -2.14. The Hall–Kier alpha value is -3.17.